The Balaban J connectivity index is 2.69. The van der Waals surface area contributed by atoms with Gasteiger partial charge in [0.15, 0.2) is 0 Å². The van der Waals surface area contributed by atoms with Crippen LogP contribution in [-0.2, 0) is 6.42 Å². The first kappa shape index (κ1) is 17.0. The van der Waals surface area contributed by atoms with Crippen LogP contribution in [0.15, 0.2) is 18.3 Å². The van der Waals surface area contributed by atoms with Crippen LogP contribution >= 0.6 is 0 Å². The molecule has 2 N–H and O–H groups in total. The van der Waals surface area contributed by atoms with E-state index >= 15 is 0 Å². The van der Waals surface area contributed by atoms with E-state index in [1.54, 1.807) is 0 Å². The van der Waals surface area contributed by atoms with E-state index in [9.17, 15) is 0 Å². The normalized spacial score (nSPS) is 12.7. The summed E-state index contributed by atoms with van der Waals surface area (Å²) in [5.41, 5.74) is 7.23. The van der Waals surface area contributed by atoms with Crippen LogP contribution < -0.4 is 10.6 Å². The first-order valence-electron chi connectivity index (χ1n) is 8.09. The highest BCUT2D eigenvalue weighted by Gasteiger charge is 2.12. The van der Waals surface area contributed by atoms with E-state index in [0.29, 0.717) is 0 Å². The molecule has 114 valence electrons. The highest BCUT2D eigenvalue weighted by Crippen LogP contribution is 2.17. The summed E-state index contributed by atoms with van der Waals surface area (Å²) in [6.45, 7) is 11.0. The smallest absolute Gasteiger partial charge is 0.128 e. The Morgan fingerprint density at radius 3 is 2.25 bits per heavy atom. The number of pyridine rings is 1. The minimum absolute atomic E-state index is 0.245. The van der Waals surface area contributed by atoms with Crippen LogP contribution in [0.2, 0.25) is 0 Å². The van der Waals surface area contributed by atoms with Gasteiger partial charge in [0, 0.05) is 25.3 Å². The maximum Gasteiger partial charge on any atom is 0.128 e. The minimum atomic E-state index is 0.245. The van der Waals surface area contributed by atoms with Crippen molar-refractivity contribution in [2.45, 2.75) is 59.4 Å². The SMILES string of the molecule is CCC(N)Cc1ccc(N(CC)CC(CC)CC)nc1. The molecule has 0 bridgehead atoms. The van der Waals surface area contributed by atoms with Crippen molar-refractivity contribution in [2.75, 3.05) is 18.0 Å². The predicted octanol–water partition coefficient (Wildman–Crippen LogP) is 3.62. The molecule has 0 aliphatic rings. The lowest BCUT2D eigenvalue weighted by atomic mass is 10.0. The molecule has 0 aliphatic heterocycles. The monoisotopic (exact) mass is 277 g/mol. The molecular formula is C17H31N3. The summed E-state index contributed by atoms with van der Waals surface area (Å²) in [5, 5.41) is 0. The summed E-state index contributed by atoms with van der Waals surface area (Å²) in [6.07, 6.45) is 6.38. The highest BCUT2D eigenvalue weighted by atomic mass is 15.2. The van der Waals surface area contributed by atoms with Gasteiger partial charge in [-0.1, -0.05) is 39.7 Å². The fourth-order valence-electron chi connectivity index (χ4n) is 2.41. The summed E-state index contributed by atoms with van der Waals surface area (Å²) in [6, 6.07) is 4.56. The third-order valence-corrected chi connectivity index (χ3v) is 4.17. The van der Waals surface area contributed by atoms with Crippen molar-refractivity contribution >= 4 is 5.82 Å². The van der Waals surface area contributed by atoms with Gasteiger partial charge < -0.3 is 10.6 Å². The number of aromatic nitrogens is 1. The van der Waals surface area contributed by atoms with Gasteiger partial charge in [0.1, 0.15) is 5.82 Å². The van der Waals surface area contributed by atoms with E-state index in [1.807, 2.05) is 6.20 Å². The van der Waals surface area contributed by atoms with Crippen molar-refractivity contribution in [3.8, 4) is 0 Å². The van der Waals surface area contributed by atoms with Crippen LogP contribution in [-0.4, -0.2) is 24.1 Å². The topological polar surface area (TPSA) is 42.1 Å². The van der Waals surface area contributed by atoms with Crippen LogP contribution in [0.5, 0.6) is 0 Å². The van der Waals surface area contributed by atoms with Crippen LogP contribution in [0.25, 0.3) is 0 Å². The Hall–Kier alpha value is -1.09. The third-order valence-electron chi connectivity index (χ3n) is 4.17. The zero-order valence-electron chi connectivity index (χ0n) is 13.6. The summed E-state index contributed by atoms with van der Waals surface area (Å²) < 4.78 is 0. The molecule has 1 aromatic rings. The number of nitrogens with two attached hydrogens (primary N) is 1. The molecule has 3 nitrogen and oxygen atoms in total. The molecule has 1 heterocycles. The molecule has 3 heteroatoms. The Morgan fingerprint density at radius 1 is 1.10 bits per heavy atom. The Bertz CT molecular complexity index is 357. The molecule has 0 fully saturated rings. The van der Waals surface area contributed by atoms with E-state index in [1.165, 1.54) is 18.4 Å². The maximum absolute atomic E-state index is 5.99. The molecule has 0 aromatic carbocycles. The molecular weight excluding hydrogens is 246 g/mol. The molecule has 1 rings (SSSR count). The molecule has 1 unspecified atom stereocenters. The number of hydrogen-bond donors (Lipinski definition) is 1. The van der Waals surface area contributed by atoms with Gasteiger partial charge in [0.25, 0.3) is 0 Å². The lowest BCUT2D eigenvalue weighted by Gasteiger charge is -2.26. The zero-order valence-corrected chi connectivity index (χ0v) is 13.6. The maximum atomic E-state index is 5.99. The van der Waals surface area contributed by atoms with Gasteiger partial charge in [-0.05, 0) is 37.3 Å². The second-order valence-electron chi connectivity index (χ2n) is 5.62. The number of nitrogens with zero attached hydrogens (tertiary/aromatic N) is 2. The molecule has 0 aliphatic carbocycles. The number of anilines is 1. The van der Waals surface area contributed by atoms with E-state index < -0.39 is 0 Å². The lowest BCUT2D eigenvalue weighted by Crippen LogP contribution is -2.29. The van der Waals surface area contributed by atoms with Gasteiger partial charge in [0.2, 0.25) is 0 Å². The van der Waals surface area contributed by atoms with Gasteiger partial charge >= 0.3 is 0 Å². The molecule has 20 heavy (non-hydrogen) atoms. The van der Waals surface area contributed by atoms with Gasteiger partial charge in [0.05, 0.1) is 0 Å². The molecule has 0 saturated heterocycles. The quantitative estimate of drug-likeness (QED) is 0.749. The molecule has 1 aromatic heterocycles. The molecule has 0 saturated carbocycles. The second-order valence-corrected chi connectivity index (χ2v) is 5.62. The van der Waals surface area contributed by atoms with E-state index in [-0.39, 0.29) is 6.04 Å². The van der Waals surface area contributed by atoms with Crippen molar-refractivity contribution in [3.63, 3.8) is 0 Å². The van der Waals surface area contributed by atoms with E-state index in [2.05, 4.69) is 49.7 Å². The van der Waals surface area contributed by atoms with Crippen molar-refractivity contribution in [1.29, 1.82) is 0 Å². The molecule has 1 atom stereocenters. The lowest BCUT2D eigenvalue weighted by molar-refractivity contribution is 0.484. The summed E-state index contributed by atoms with van der Waals surface area (Å²) in [4.78, 5) is 7.01. The van der Waals surface area contributed by atoms with Gasteiger partial charge in [-0.2, -0.15) is 0 Å². The minimum Gasteiger partial charge on any atom is -0.357 e. The van der Waals surface area contributed by atoms with Crippen molar-refractivity contribution in [3.05, 3.63) is 23.9 Å². The Labute approximate surface area is 124 Å². The Morgan fingerprint density at radius 2 is 1.80 bits per heavy atom. The number of hydrogen-bond acceptors (Lipinski definition) is 3. The van der Waals surface area contributed by atoms with Crippen LogP contribution in [0.4, 0.5) is 5.82 Å². The zero-order chi connectivity index (χ0) is 15.0. The van der Waals surface area contributed by atoms with Crippen LogP contribution in [0.3, 0.4) is 0 Å². The number of rotatable bonds is 9. The predicted molar refractivity (Wildman–Crippen MR) is 88.2 cm³/mol. The molecule has 0 amide bonds. The fourth-order valence-corrected chi connectivity index (χ4v) is 2.41. The van der Waals surface area contributed by atoms with E-state index in [4.69, 9.17) is 5.73 Å². The summed E-state index contributed by atoms with van der Waals surface area (Å²) in [7, 11) is 0. The van der Waals surface area contributed by atoms with Crippen molar-refractivity contribution < 1.29 is 0 Å². The fraction of sp³-hybridized carbons (Fsp3) is 0.706. The average molecular weight is 277 g/mol. The van der Waals surface area contributed by atoms with Gasteiger partial charge in [-0.3, -0.25) is 0 Å². The van der Waals surface area contributed by atoms with E-state index in [0.717, 1.165) is 37.7 Å². The Kier molecular flexibility index (Phi) is 7.60. The molecule has 0 spiro atoms. The van der Waals surface area contributed by atoms with Crippen LogP contribution in [0, 0.1) is 5.92 Å². The first-order chi connectivity index (χ1) is 9.64. The van der Waals surface area contributed by atoms with Crippen LogP contribution in [0.1, 0.15) is 52.5 Å². The standard InChI is InChI=1S/C17H31N3/c1-5-14(6-2)13-20(8-4)17-10-9-15(12-19-17)11-16(18)7-3/h9-10,12,14,16H,5-8,11,13,18H2,1-4H3. The van der Waals surface area contributed by atoms with Crippen molar-refractivity contribution in [1.82, 2.24) is 4.98 Å². The first-order valence-corrected chi connectivity index (χ1v) is 8.09. The van der Waals surface area contributed by atoms with Gasteiger partial charge in [-0.25, -0.2) is 4.98 Å². The second kappa shape index (κ2) is 8.96. The van der Waals surface area contributed by atoms with Gasteiger partial charge in [-0.15, -0.1) is 0 Å². The molecule has 0 radical (unpaired) electrons. The largest absolute Gasteiger partial charge is 0.357 e. The summed E-state index contributed by atoms with van der Waals surface area (Å²) in [5.74, 6) is 1.85. The average Bonchev–Trinajstić information content (AvgIpc) is 2.49. The van der Waals surface area contributed by atoms with Crippen molar-refractivity contribution in [2.24, 2.45) is 11.7 Å². The third kappa shape index (κ3) is 5.12. The highest BCUT2D eigenvalue weighted by molar-refractivity contribution is 5.39. The summed E-state index contributed by atoms with van der Waals surface area (Å²) >= 11 is 0.